The molecule has 0 radical (unpaired) electrons. The van der Waals surface area contributed by atoms with Crippen LogP contribution in [0.25, 0.3) is 0 Å². The molecule has 0 saturated carbocycles. The third kappa shape index (κ3) is 4.06. The smallest absolute Gasteiger partial charge is 0.227 e. The Balaban J connectivity index is 2.92. The van der Waals surface area contributed by atoms with Gasteiger partial charge in [-0.05, 0) is 43.4 Å². The van der Waals surface area contributed by atoms with Gasteiger partial charge in [-0.25, -0.2) is 0 Å². The van der Waals surface area contributed by atoms with Crippen LogP contribution in [0.5, 0.6) is 0 Å². The second-order valence-corrected chi connectivity index (χ2v) is 5.38. The van der Waals surface area contributed by atoms with Crippen molar-refractivity contribution in [2.24, 2.45) is 17.6 Å². The van der Waals surface area contributed by atoms with Crippen LogP contribution >= 0.6 is 0 Å². The number of nitrogens with two attached hydrogens (primary N) is 1. The van der Waals surface area contributed by atoms with Gasteiger partial charge in [0.1, 0.15) is 0 Å². The van der Waals surface area contributed by atoms with Crippen LogP contribution in [-0.4, -0.2) is 12.5 Å². The molecule has 3 nitrogen and oxygen atoms in total. The van der Waals surface area contributed by atoms with Gasteiger partial charge in [0.15, 0.2) is 0 Å². The first kappa shape index (κ1) is 15.7. The standard InChI is InChI=1S/C16H26N2O/c1-5-13-8-6-7-12(4)15(13)18-16(19)14(9-10-17)11(2)3/h6-8,11,14H,5,9-10,17H2,1-4H3,(H,18,19). The average molecular weight is 262 g/mol. The minimum atomic E-state index is -0.0192. The number of nitrogens with one attached hydrogen (secondary N) is 1. The third-order valence-corrected chi connectivity index (χ3v) is 3.61. The van der Waals surface area contributed by atoms with Crippen LogP contribution in [0.15, 0.2) is 18.2 Å². The van der Waals surface area contributed by atoms with Gasteiger partial charge in [0.05, 0.1) is 0 Å². The van der Waals surface area contributed by atoms with Crippen molar-refractivity contribution in [2.45, 2.75) is 40.5 Å². The number of benzene rings is 1. The maximum Gasteiger partial charge on any atom is 0.227 e. The van der Waals surface area contributed by atoms with Crippen molar-refractivity contribution in [2.75, 3.05) is 11.9 Å². The van der Waals surface area contributed by atoms with E-state index in [2.05, 4.69) is 32.2 Å². The molecule has 1 amide bonds. The number of aryl methyl sites for hydroxylation is 2. The van der Waals surface area contributed by atoms with Crippen molar-refractivity contribution < 1.29 is 4.79 Å². The zero-order valence-corrected chi connectivity index (χ0v) is 12.5. The molecule has 0 aliphatic carbocycles. The Bertz CT molecular complexity index is 427. The molecule has 106 valence electrons. The van der Waals surface area contributed by atoms with Gasteiger partial charge in [-0.15, -0.1) is 0 Å². The molecule has 0 bridgehead atoms. The summed E-state index contributed by atoms with van der Waals surface area (Å²) in [5.41, 5.74) is 8.87. The monoisotopic (exact) mass is 262 g/mol. The Hall–Kier alpha value is -1.35. The highest BCUT2D eigenvalue weighted by Crippen LogP contribution is 2.24. The van der Waals surface area contributed by atoms with Crippen LogP contribution in [0.1, 0.15) is 38.3 Å². The van der Waals surface area contributed by atoms with Gasteiger partial charge in [-0.1, -0.05) is 39.0 Å². The van der Waals surface area contributed by atoms with Crippen LogP contribution in [0, 0.1) is 18.8 Å². The molecule has 1 unspecified atom stereocenters. The fourth-order valence-electron chi connectivity index (χ4n) is 2.36. The van der Waals surface area contributed by atoms with E-state index in [1.807, 2.05) is 19.1 Å². The molecule has 0 aliphatic rings. The number of para-hydroxylation sites is 1. The number of rotatable bonds is 6. The molecule has 0 heterocycles. The molecule has 0 aromatic heterocycles. The molecule has 3 N–H and O–H groups in total. The van der Waals surface area contributed by atoms with Crippen molar-refractivity contribution in [1.82, 2.24) is 0 Å². The van der Waals surface area contributed by atoms with Crippen LogP contribution in [0.3, 0.4) is 0 Å². The highest BCUT2D eigenvalue weighted by Gasteiger charge is 2.22. The molecule has 3 heteroatoms. The highest BCUT2D eigenvalue weighted by molar-refractivity contribution is 5.94. The lowest BCUT2D eigenvalue weighted by molar-refractivity contribution is -0.121. The highest BCUT2D eigenvalue weighted by atomic mass is 16.1. The zero-order chi connectivity index (χ0) is 14.4. The molecule has 0 saturated heterocycles. The molecule has 1 aromatic rings. The van der Waals surface area contributed by atoms with E-state index in [9.17, 15) is 4.79 Å². The van der Waals surface area contributed by atoms with Gasteiger partial charge in [0.25, 0.3) is 0 Å². The molecule has 1 rings (SSSR count). The number of amides is 1. The fraction of sp³-hybridized carbons (Fsp3) is 0.562. The van der Waals surface area contributed by atoms with Gasteiger partial charge in [0.2, 0.25) is 5.91 Å². The largest absolute Gasteiger partial charge is 0.330 e. The summed E-state index contributed by atoms with van der Waals surface area (Å²) < 4.78 is 0. The van der Waals surface area contributed by atoms with E-state index in [4.69, 9.17) is 5.73 Å². The summed E-state index contributed by atoms with van der Waals surface area (Å²) in [6.45, 7) is 8.81. The van der Waals surface area contributed by atoms with Gasteiger partial charge < -0.3 is 11.1 Å². The molecule has 0 spiro atoms. The fourth-order valence-corrected chi connectivity index (χ4v) is 2.36. The van der Waals surface area contributed by atoms with E-state index in [-0.39, 0.29) is 11.8 Å². The van der Waals surface area contributed by atoms with E-state index in [0.29, 0.717) is 12.5 Å². The summed E-state index contributed by atoms with van der Waals surface area (Å²) in [5, 5.41) is 3.10. The van der Waals surface area contributed by atoms with E-state index >= 15 is 0 Å². The predicted octanol–water partition coefficient (Wildman–Crippen LogP) is 3.12. The summed E-state index contributed by atoms with van der Waals surface area (Å²) in [4.78, 5) is 12.4. The Morgan fingerprint density at radius 2 is 2.05 bits per heavy atom. The number of hydrogen-bond donors (Lipinski definition) is 2. The van der Waals surface area contributed by atoms with E-state index < -0.39 is 0 Å². The number of hydrogen-bond acceptors (Lipinski definition) is 2. The molecular formula is C16H26N2O. The lowest BCUT2D eigenvalue weighted by atomic mass is 9.91. The molecular weight excluding hydrogens is 236 g/mol. The minimum absolute atomic E-state index is 0.0192. The summed E-state index contributed by atoms with van der Waals surface area (Å²) in [5.74, 6) is 0.372. The SMILES string of the molecule is CCc1cccc(C)c1NC(=O)C(CCN)C(C)C. The lowest BCUT2D eigenvalue weighted by Crippen LogP contribution is -2.29. The second-order valence-electron chi connectivity index (χ2n) is 5.38. The lowest BCUT2D eigenvalue weighted by Gasteiger charge is -2.21. The van der Waals surface area contributed by atoms with Crippen molar-refractivity contribution in [1.29, 1.82) is 0 Å². The molecule has 0 aliphatic heterocycles. The van der Waals surface area contributed by atoms with Crippen LogP contribution in [0.4, 0.5) is 5.69 Å². The van der Waals surface area contributed by atoms with Crippen LogP contribution < -0.4 is 11.1 Å². The van der Waals surface area contributed by atoms with Gasteiger partial charge in [-0.2, -0.15) is 0 Å². The average Bonchev–Trinajstić information content (AvgIpc) is 2.37. The molecule has 1 aromatic carbocycles. The van der Waals surface area contributed by atoms with Crippen molar-refractivity contribution in [3.63, 3.8) is 0 Å². The molecule has 19 heavy (non-hydrogen) atoms. The Morgan fingerprint density at radius 1 is 1.37 bits per heavy atom. The van der Waals surface area contributed by atoms with Crippen LogP contribution in [0.2, 0.25) is 0 Å². The number of carbonyl (C=O) groups excluding carboxylic acids is 1. The first-order chi connectivity index (χ1) is 9.01. The predicted molar refractivity (Wildman–Crippen MR) is 81.2 cm³/mol. The van der Waals surface area contributed by atoms with Crippen molar-refractivity contribution >= 4 is 11.6 Å². The first-order valence-electron chi connectivity index (χ1n) is 7.10. The summed E-state index contributed by atoms with van der Waals surface area (Å²) >= 11 is 0. The minimum Gasteiger partial charge on any atom is -0.330 e. The third-order valence-electron chi connectivity index (χ3n) is 3.61. The molecule has 1 atom stereocenters. The zero-order valence-electron chi connectivity index (χ0n) is 12.5. The van der Waals surface area contributed by atoms with Crippen LogP contribution in [-0.2, 0) is 11.2 Å². The second kappa shape index (κ2) is 7.29. The summed E-state index contributed by atoms with van der Waals surface area (Å²) in [6.07, 6.45) is 1.65. The number of anilines is 1. The summed E-state index contributed by atoms with van der Waals surface area (Å²) in [7, 11) is 0. The quantitative estimate of drug-likeness (QED) is 0.827. The maximum atomic E-state index is 12.4. The molecule has 0 fully saturated rings. The number of carbonyl (C=O) groups is 1. The van der Waals surface area contributed by atoms with Gasteiger partial charge in [-0.3, -0.25) is 4.79 Å². The first-order valence-corrected chi connectivity index (χ1v) is 7.10. The summed E-state index contributed by atoms with van der Waals surface area (Å²) in [6, 6.07) is 6.13. The van der Waals surface area contributed by atoms with Crippen molar-refractivity contribution in [3.05, 3.63) is 29.3 Å². The van der Waals surface area contributed by atoms with Gasteiger partial charge >= 0.3 is 0 Å². The van der Waals surface area contributed by atoms with E-state index in [1.165, 1.54) is 5.56 Å². The Morgan fingerprint density at radius 3 is 2.58 bits per heavy atom. The van der Waals surface area contributed by atoms with Crippen molar-refractivity contribution in [3.8, 4) is 0 Å². The normalized spacial score (nSPS) is 12.5. The van der Waals surface area contributed by atoms with Gasteiger partial charge in [0, 0.05) is 11.6 Å². The Labute approximate surface area is 116 Å². The topological polar surface area (TPSA) is 55.1 Å². The maximum absolute atomic E-state index is 12.4. The van der Waals surface area contributed by atoms with E-state index in [1.54, 1.807) is 0 Å². The Kier molecular flexibility index (Phi) is 6.03. The van der Waals surface area contributed by atoms with E-state index in [0.717, 1.165) is 24.1 Å².